The van der Waals surface area contributed by atoms with Gasteiger partial charge < -0.3 is 24.4 Å². The Morgan fingerprint density at radius 1 is 1.21 bits per heavy atom. The number of aromatic nitrogens is 2. The van der Waals surface area contributed by atoms with E-state index in [1.807, 2.05) is 11.0 Å². The van der Waals surface area contributed by atoms with Crippen molar-refractivity contribution >= 4 is 17.5 Å². The van der Waals surface area contributed by atoms with Crippen LogP contribution in [0.2, 0.25) is 0 Å². The van der Waals surface area contributed by atoms with E-state index in [9.17, 15) is 9.18 Å². The van der Waals surface area contributed by atoms with Crippen LogP contribution in [-0.2, 0) is 14.2 Å². The van der Waals surface area contributed by atoms with Crippen LogP contribution in [0.5, 0.6) is 0 Å². The van der Waals surface area contributed by atoms with E-state index >= 15 is 0 Å². The third kappa shape index (κ3) is 4.05. The minimum atomic E-state index is -0.519. The van der Waals surface area contributed by atoms with E-state index in [1.54, 1.807) is 12.3 Å². The van der Waals surface area contributed by atoms with E-state index in [-0.39, 0.29) is 29.8 Å². The topological polar surface area (TPSA) is 85.8 Å². The number of fused-ring (bicyclic) bond motifs is 1. The van der Waals surface area contributed by atoms with Gasteiger partial charge in [-0.3, -0.25) is 0 Å². The lowest BCUT2D eigenvalue weighted by atomic mass is 10.2. The quantitative estimate of drug-likeness (QED) is 0.789. The standard InChI is InChI=1S/C19H21FN4O4/c1-26-19(25)15-6-22-18(7-21-15)24-8-16-17(9-24)28-11-14(10-27-16)23-13-4-2-3-12(20)5-13/h2-7,14,16-17,23H,8-11H2,1H3/t16-,17-/m0/s1. The zero-order chi connectivity index (χ0) is 19.5. The van der Waals surface area contributed by atoms with Crippen molar-refractivity contribution < 1.29 is 23.4 Å². The van der Waals surface area contributed by atoms with Crippen LogP contribution < -0.4 is 10.2 Å². The van der Waals surface area contributed by atoms with Crippen molar-refractivity contribution in [1.29, 1.82) is 0 Å². The Balaban J connectivity index is 1.34. The number of nitrogens with zero attached hydrogens (tertiary/aromatic N) is 3. The summed E-state index contributed by atoms with van der Waals surface area (Å²) in [5.41, 5.74) is 0.866. The molecule has 0 spiro atoms. The van der Waals surface area contributed by atoms with Crippen molar-refractivity contribution in [3.63, 3.8) is 0 Å². The molecule has 2 fully saturated rings. The molecule has 0 saturated carbocycles. The lowest BCUT2D eigenvalue weighted by Crippen LogP contribution is -2.31. The second-order valence-electron chi connectivity index (χ2n) is 6.75. The first-order chi connectivity index (χ1) is 13.6. The highest BCUT2D eigenvalue weighted by Gasteiger charge is 2.38. The third-order valence-electron chi connectivity index (χ3n) is 4.79. The van der Waals surface area contributed by atoms with Gasteiger partial charge in [-0.15, -0.1) is 0 Å². The SMILES string of the molecule is COC(=O)c1cnc(N2C[C@@H]3OCC(Nc4cccc(F)c4)CO[C@H]3C2)cn1. The zero-order valence-corrected chi connectivity index (χ0v) is 15.4. The molecule has 1 aromatic carbocycles. The fourth-order valence-corrected chi connectivity index (χ4v) is 3.37. The Bertz CT molecular complexity index is 819. The number of ether oxygens (including phenoxy) is 3. The van der Waals surface area contributed by atoms with Crippen molar-refractivity contribution in [2.45, 2.75) is 18.2 Å². The number of anilines is 2. The normalized spacial score (nSPS) is 22.4. The molecule has 3 heterocycles. The first-order valence-electron chi connectivity index (χ1n) is 9.03. The van der Waals surface area contributed by atoms with E-state index in [0.717, 1.165) is 0 Å². The molecule has 0 amide bonds. The lowest BCUT2D eigenvalue weighted by Gasteiger charge is -2.20. The lowest BCUT2D eigenvalue weighted by molar-refractivity contribution is -0.00461. The molecule has 2 aliphatic heterocycles. The van der Waals surface area contributed by atoms with Crippen LogP contribution in [0.4, 0.5) is 15.9 Å². The molecule has 1 N–H and O–H groups in total. The maximum absolute atomic E-state index is 13.3. The Morgan fingerprint density at radius 2 is 1.96 bits per heavy atom. The van der Waals surface area contributed by atoms with Crippen molar-refractivity contribution in [3.8, 4) is 0 Å². The highest BCUT2D eigenvalue weighted by atomic mass is 19.1. The second-order valence-corrected chi connectivity index (χ2v) is 6.75. The maximum Gasteiger partial charge on any atom is 0.358 e. The molecule has 4 rings (SSSR count). The largest absolute Gasteiger partial charge is 0.464 e. The molecular weight excluding hydrogens is 367 g/mol. The summed E-state index contributed by atoms with van der Waals surface area (Å²) in [5.74, 6) is -0.149. The summed E-state index contributed by atoms with van der Waals surface area (Å²) in [6.45, 7) is 2.14. The number of benzene rings is 1. The number of carbonyl (C=O) groups excluding carboxylic acids is 1. The smallest absolute Gasteiger partial charge is 0.358 e. The highest BCUT2D eigenvalue weighted by molar-refractivity contribution is 5.86. The molecule has 2 aromatic rings. The van der Waals surface area contributed by atoms with Crippen molar-refractivity contribution in [1.82, 2.24) is 9.97 Å². The van der Waals surface area contributed by atoms with E-state index in [4.69, 9.17) is 9.47 Å². The number of hydrogen-bond acceptors (Lipinski definition) is 8. The van der Waals surface area contributed by atoms with Crippen LogP contribution in [0.1, 0.15) is 10.5 Å². The van der Waals surface area contributed by atoms with E-state index < -0.39 is 5.97 Å². The van der Waals surface area contributed by atoms with E-state index in [2.05, 4.69) is 20.0 Å². The van der Waals surface area contributed by atoms with Gasteiger partial charge in [0.1, 0.15) is 23.8 Å². The molecular formula is C19H21FN4O4. The summed E-state index contributed by atoms with van der Waals surface area (Å²) >= 11 is 0. The Morgan fingerprint density at radius 3 is 2.57 bits per heavy atom. The number of halogens is 1. The Labute approximate surface area is 161 Å². The molecule has 0 radical (unpaired) electrons. The molecule has 9 heteroatoms. The number of carbonyl (C=O) groups is 1. The van der Waals surface area contributed by atoms with Crippen molar-refractivity contribution in [2.24, 2.45) is 0 Å². The number of methoxy groups -OCH3 is 1. The molecule has 0 bridgehead atoms. The van der Waals surface area contributed by atoms with Crippen LogP contribution in [0, 0.1) is 5.82 Å². The zero-order valence-electron chi connectivity index (χ0n) is 15.4. The van der Waals surface area contributed by atoms with E-state index in [1.165, 1.54) is 25.4 Å². The molecule has 2 aliphatic rings. The summed E-state index contributed by atoms with van der Waals surface area (Å²) in [6, 6.07) is 6.28. The minimum absolute atomic E-state index is 0.0556. The first-order valence-corrected chi connectivity index (χ1v) is 9.03. The predicted octanol–water partition coefficient (Wildman–Crippen LogP) is 1.49. The Kier molecular flexibility index (Phi) is 5.36. The molecule has 148 valence electrons. The first kappa shape index (κ1) is 18.6. The number of esters is 1. The molecule has 2 saturated heterocycles. The molecule has 2 atom stereocenters. The fourth-order valence-electron chi connectivity index (χ4n) is 3.37. The van der Waals surface area contributed by atoms with Gasteiger partial charge in [0.15, 0.2) is 5.69 Å². The van der Waals surface area contributed by atoms with Gasteiger partial charge >= 0.3 is 5.97 Å². The third-order valence-corrected chi connectivity index (χ3v) is 4.79. The molecule has 8 nitrogen and oxygen atoms in total. The summed E-state index contributed by atoms with van der Waals surface area (Å²) < 4.78 is 30.0. The van der Waals surface area contributed by atoms with Gasteiger partial charge in [-0.25, -0.2) is 19.2 Å². The second kappa shape index (κ2) is 8.07. The average molecular weight is 388 g/mol. The summed E-state index contributed by atoms with van der Waals surface area (Å²) in [4.78, 5) is 21.9. The monoisotopic (exact) mass is 388 g/mol. The van der Waals surface area contributed by atoms with Crippen molar-refractivity contribution in [2.75, 3.05) is 43.6 Å². The Hall–Kier alpha value is -2.78. The molecule has 1 aromatic heterocycles. The fraction of sp³-hybridized carbons (Fsp3) is 0.421. The molecule has 0 unspecified atom stereocenters. The number of nitrogens with one attached hydrogen (secondary N) is 1. The van der Waals surface area contributed by atoms with Gasteiger partial charge in [0.25, 0.3) is 0 Å². The summed E-state index contributed by atoms with van der Waals surface area (Å²) in [6.07, 6.45) is 2.75. The van der Waals surface area contributed by atoms with Gasteiger partial charge in [-0.05, 0) is 18.2 Å². The number of rotatable bonds is 4. The van der Waals surface area contributed by atoms with Crippen LogP contribution in [0.3, 0.4) is 0 Å². The van der Waals surface area contributed by atoms with Crippen molar-refractivity contribution in [3.05, 3.63) is 48.2 Å². The maximum atomic E-state index is 13.3. The van der Waals surface area contributed by atoms with Gasteiger partial charge in [0, 0.05) is 18.8 Å². The van der Waals surface area contributed by atoms with Crippen LogP contribution in [-0.4, -0.2) is 67.6 Å². The average Bonchev–Trinajstić information content (AvgIpc) is 3.04. The van der Waals surface area contributed by atoms with Crippen LogP contribution in [0.25, 0.3) is 0 Å². The van der Waals surface area contributed by atoms with Gasteiger partial charge in [0.05, 0.1) is 38.8 Å². The van der Waals surface area contributed by atoms with Crippen LogP contribution in [0.15, 0.2) is 36.7 Å². The van der Waals surface area contributed by atoms with Gasteiger partial charge in [-0.1, -0.05) is 6.07 Å². The van der Waals surface area contributed by atoms with E-state index in [0.29, 0.717) is 37.8 Å². The summed E-state index contributed by atoms with van der Waals surface area (Å²) in [7, 11) is 1.30. The molecule has 28 heavy (non-hydrogen) atoms. The molecule has 0 aliphatic carbocycles. The number of hydrogen-bond donors (Lipinski definition) is 1. The minimum Gasteiger partial charge on any atom is -0.464 e. The van der Waals surface area contributed by atoms with Gasteiger partial charge in [0.2, 0.25) is 0 Å². The van der Waals surface area contributed by atoms with Crippen LogP contribution >= 0.6 is 0 Å². The predicted molar refractivity (Wildman–Crippen MR) is 98.9 cm³/mol. The summed E-state index contributed by atoms with van der Waals surface area (Å²) in [5, 5.41) is 3.25. The van der Waals surface area contributed by atoms with Gasteiger partial charge in [-0.2, -0.15) is 0 Å². The highest BCUT2D eigenvalue weighted by Crippen LogP contribution is 2.25.